The second-order valence-corrected chi connectivity index (χ2v) is 8.25. The molecule has 0 saturated heterocycles. The van der Waals surface area contributed by atoms with Crippen molar-refractivity contribution in [2.45, 2.75) is 19.4 Å². The number of hydrogen-bond acceptors (Lipinski definition) is 7. The quantitative estimate of drug-likeness (QED) is 0.105. The Bertz CT molecular complexity index is 1420. The summed E-state index contributed by atoms with van der Waals surface area (Å²) in [5.41, 5.74) is 8.87. The highest BCUT2D eigenvalue weighted by Gasteiger charge is 2.21. The minimum atomic E-state index is -0.932. The number of carbonyl (C=O) groups is 2. The lowest BCUT2D eigenvalue weighted by atomic mass is 10.2. The van der Waals surface area contributed by atoms with E-state index < -0.39 is 11.9 Å². The number of hydroxylamine groups is 1. The second-order valence-electron chi connectivity index (χ2n) is 8.25. The molecule has 0 spiro atoms. The summed E-state index contributed by atoms with van der Waals surface area (Å²) in [6.45, 7) is 0.490. The molecule has 11 heteroatoms. The maximum absolute atomic E-state index is 13.4. The number of amidine groups is 1. The lowest BCUT2D eigenvalue weighted by molar-refractivity contribution is -0.137. The van der Waals surface area contributed by atoms with Gasteiger partial charge in [0.2, 0.25) is 0 Å². The Morgan fingerprint density at radius 1 is 1.14 bits per heavy atom. The average Bonchev–Trinajstić information content (AvgIpc) is 3.22. The summed E-state index contributed by atoms with van der Waals surface area (Å²) in [6.07, 6.45) is 1.73. The predicted molar refractivity (Wildman–Crippen MR) is 139 cm³/mol. The highest BCUT2D eigenvalue weighted by atomic mass is 16.7. The molecule has 37 heavy (non-hydrogen) atoms. The SMILES string of the molecule is Cn1c(CNc2ccc(C(=N)N)cc2)nc2cc(C(=O)N(OCCCC(=O)O)c3ccccn3)ccc21. The molecule has 4 rings (SSSR count). The summed E-state index contributed by atoms with van der Waals surface area (Å²) in [7, 11) is 1.90. The van der Waals surface area contributed by atoms with Crippen molar-refractivity contribution in [2.24, 2.45) is 12.8 Å². The van der Waals surface area contributed by atoms with Gasteiger partial charge in [0.25, 0.3) is 5.91 Å². The normalized spacial score (nSPS) is 10.8. The number of fused-ring (bicyclic) bond motifs is 1. The zero-order valence-corrected chi connectivity index (χ0v) is 20.2. The van der Waals surface area contributed by atoms with E-state index in [9.17, 15) is 9.59 Å². The largest absolute Gasteiger partial charge is 0.481 e. The number of aryl methyl sites for hydroxylation is 1. The number of pyridine rings is 1. The molecule has 4 aromatic rings. The summed E-state index contributed by atoms with van der Waals surface area (Å²) < 4.78 is 1.94. The number of carboxylic acid groups (broad SMARTS) is 1. The zero-order chi connectivity index (χ0) is 26.4. The minimum Gasteiger partial charge on any atom is -0.481 e. The molecule has 0 atom stereocenters. The number of carboxylic acids is 1. The summed E-state index contributed by atoms with van der Waals surface area (Å²) in [6, 6.07) is 17.5. The van der Waals surface area contributed by atoms with Gasteiger partial charge in [0.1, 0.15) is 11.7 Å². The third-order valence-corrected chi connectivity index (χ3v) is 5.66. The summed E-state index contributed by atoms with van der Waals surface area (Å²) >= 11 is 0. The number of nitrogens with two attached hydrogens (primary N) is 1. The number of hydrogen-bond donors (Lipinski definition) is 4. The fourth-order valence-corrected chi connectivity index (χ4v) is 3.69. The Morgan fingerprint density at radius 2 is 1.89 bits per heavy atom. The van der Waals surface area contributed by atoms with Gasteiger partial charge in [0, 0.05) is 36.5 Å². The van der Waals surface area contributed by atoms with Gasteiger partial charge in [-0.3, -0.25) is 19.8 Å². The van der Waals surface area contributed by atoms with Crippen molar-refractivity contribution < 1.29 is 19.5 Å². The van der Waals surface area contributed by atoms with Crippen molar-refractivity contribution in [1.82, 2.24) is 14.5 Å². The summed E-state index contributed by atoms with van der Waals surface area (Å²) in [5.74, 6) is -0.295. The summed E-state index contributed by atoms with van der Waals surface area (Å²) in [4.78, 5) is 38.7. The van der Waals surface area contributed by atoms with Gasteiger partial charge in [-0.05, 0) is 61.0 Å². The number of nitrogen functional groups attached to an aromatic ring is 1. The van der Waals surface area contributed by atoms with Gasteiger partial charge in [0.15, 0.2) is 5.82 Å². The van der Waals surface area contributed by atoms with Crippen LogP contribution in [0, 0.1) is 5.41 Å². The van der Waals surface area contributed by atoms with Crippen LogP contribution in [0.1, 0.15) is 34.6 Å². The van der Waals surface area contributed by atoms with E-state index >= 15 is 0 Å². The zero-order valence-electron chi connectivity index (χ0n) is 20.2. The van der Waals surface area contributed by atoms with Crippen LogP contribution in [0.3, 0.4) is 0 Å². The predicted octanol–water partition coefficient (Wildman–Crippen LogP) is 3.31. The van der Waals surface area contributed by atoms with Gasteiger partial charge in [-0.1, -0.05) is 6.07 Å². The molecule has 190 valence electrons. The van der Waals surface area contributed by atoms with Crippen LogP contribution in [-0.4, -0.2) is 44.0 Å². The van der Waals surface area contributed by atoms with Gasteiger partial charge in [-0.15, -0.1) is 0 Å². The van der Waals surface area contributed by atoms with Crippen molar-refractivity contribution in [1.29, 1.82) is 5.41 Å². The molecule has 0 fully saturated rings. The van der Waals surface area contributed by atoms with Gasteiger partial charge in [-0.2, -0.15) is 5.06 Å². The van der Waals surface area contributed by atoms with E-state index in [-0.39, 0.29) is 25.3 Å². The number of benzene rings is 2. The third-order valence-electron chi connectivity index (χ3n) is 5.66. The van der Waals surface area contributed by atoms with Crippen LogP contribution >= 0.6 is 0 Å². The lowest BCUT2D eigenvalue weighted by Gasteiger charge is -2.20. The maximum Gasteiger partial charge on any atom is 0.303 e. The van der Waals surface area contributed by atoms with Crippen molar-refractivity contribution in [3.8, 4) is 0 Å². The first-order valence-corrected chi connectivity index (χ1v) is 11.6. The van der Waals surface area contributed by atoms with Crippen LogP contribution in [0.4, 0.5) is 11.5 Å². The minimum absolute atomic E-state index is 0.0134. The molecule has 2 aromatic heterocycles. The van der Waals surface area contributed by atoms with Crippen LogP contribution in [-0.2, 0) is 23.2 Å². The van der Waals surface area contributed by atoms with E-state index in [0.29, 0.717) is 29.0 Å². The topological polar surface area (TPSA) is 159 Å². The average molecular weight is 502 g/mol. The number of amides is 1. The van der Waals surface area contributed by atoms with Crippen molar-refractivity contribution in [3.05, 3.63) is 83.8 Å². The number of imidazole rings is 1. The Kier molecular flexibility index (Phi) is 7.74. The molecule has 0 radical (unpaired) electrons. The molecular weight excluding hydrogens is 474 g/mol. The monoisotopic (exact) mass is 501 g/mol. The van der Waals surface area contributed by atoms with E-state index in [1.54, 1.807) is 48.7 Å². The molecule has 1 amide bonds. The van der Waals surface area contributed by atoms with Crippen LogP contribution < -0.4 is 16.1 Å². The van der Waals surface area contributed by atoms with E-state index in [1.165, 1.54) is 0 Å². The maximum atomic E-state index is 13.4. The van der Waals surface area contributed by atoms with E-state index in [4.69, 9.17) is 26.1 Å². The van der Waals surface area contributed by atoms with Crippen molar-refractivity contribution in [3.63, 3.8) is 0 Å². The lowest BCUT2D eigenvalue weighted by Crippen LogP contribution is -2.32. The molecule has 2 heterocycles. The second kappa shape index (κ2) is 11.3. The number of aliphatic carboxylic acids is 1. The molecule has 0 aliphatic rings. The molecule has 11 nitrogen and oxygen atoms in total. The van der Waals surface area contributed by atoms with Gasteiger partial charge in [-0.25, -0.2) is 9.97 Å². The number of nitrogens with one attached hydrogen (secondary N) is 2. The fraction of sp³-hybridized carbons (Fsp3) is 0.192. The molecule has 0 aliphatic carbocycles. The Labute approximate surface area is 213 Å². The number of nitrogens with zero attached hydrogens (tertiary/aromatic N) is 4. The van der Waals surface area contributed by atoms with Crippen LogP contribution in [0.5, 0.6) is 0 Å². The molecule has 0 aliphatic heterocycles. The highest BCUT2D eigenvalue weighted by Crippen LogP contribution is 2.21. The first-order chi connectivity index (χ1) is 17.8. The Morgan fingerprint density at radius 3 is 2.57 bits per heavy atom. The third kappa shape index (κ3) is 6.08. The number of rotatable bonds is 11. The van der Waals surface area contributed by atoms with Crippen LogP contribution in [0.25, 0.3) is 11.0 Å². The standard InChI is InChI=1S/C26H27N7O4/c1-32-21-12-9-18(26(36)33(22-5-2-3-13-29-22)37-14-4-6-24(34)35)15-20(21)31-23(32)16-30-19-10-7-17(8-11-19)25(27)28/h2-3,5,7-13,15,30H,4,6,14,16H2,1H3,(H3,27,28)(H,34,35). The van der Waals surface area contributed by atoms with E-state index in [2.05, 4.69) is 10.3 Å². The van der Waals surface area contributed by atoms with Gasteiger partial charge in [0.05, 0.1) is 24.2 Å². The number of carbonyl (C=O) groups excluding carboxylic acids is 1. The molecule has 2 aromatic carbocycles. The summed E-state index contributed by atoms with van der Waals surface area (Å²) in [5, 5.41) is 20.7. The van der Waals surface area contributed by atoms with Crippen LogP contribution in [0.15, 0.2) is 66.9 Å². The first-order valence-electron chi connectivity index (χ1n) is 11.6. The molecule has 5 N–H and O–H groups in total. The van der Waals surface area contributed by atoms with Crippen molar-refractivity contribution in [2.75, 3.05) is 17.0 Å². The van der Waals surface area contributed by atoms with Crippen molar-refractivity contribution >= 4 is 40.3 Å². The van der Waals surface area contributed by atoms with Gasteiger partial charge < -0.3 is 20.7 Å². The highest BCUT2D eigenvalue weighted by molar-refractivity contribution is 6.05. The molecule has 0 saturated carbocycles. The molecule has 0 unspecified atom stereocenters. The van der Waals surface area contributed by atoms with Gasteiger partial charge >= 0.3 is 5.97 Å². The number of aromatic nitrogens is 3. The molecule has 0 bridgehead atoms. The first kappa shape index (κ1) is 25.3. The van der Waals surface area contributed by atoms with E-state index in [1.807, 2.05) is 29.8 Å². The van der Waals surface area contributed by atoms with Crippen LogP contribution in [0.2, 0.25) is 0 Å². The fourth-order valence-electron chi connectivity index (χ4n) is 3.69. The Balaban J connectivity index is 1.52. The molecular formula is C26H27N7O4. The van der Waals surface area contributed by atoms with E-state index in [0.717, 1.165) is 22.1 Å². The Hall–Kier alpha value is -4.77. The smallest absolute Gasteiger partial charge is 0.303 e. The number of anilines is 2.